The van der Waals surface area contributed by atoms with E-state index in [4.69, 9.17) is 0 Å². The van der Waals surface area contributed by atoms with E-state index in [2.05, 4.69) is 30.7 Å². The van der Waals surface area contributed by atoms with Gasteiger partial charge in [-0.2, -0.15) is 5.10 Å². The molecule has 2 unspecified atom stereocenters. The molecule has 6 rings (SSSR count). The molecule has 0 radical (unpaired) electrons. The maximum Gasteiger partial charge on any atom is 0.408 e. The molecule has 2 atom stereocenters. The van der Waals surface area contributed by atoms with Gasteiger partial charge >= 0.3 is 6.09 Å². The summed E-state index contributed by atoms with van der Waals surface area (Å²) < 4.78 is 72.3. The number of hydrogen-bond acceptors (Lipinski definition) is 7. The summed E-state index contributed by atoms with van der Waals surface area (Å²) >= 11 is 1.83. The molecule has 4 heterocycles. The fourth-order valence-corrected chi connectivity index (χ4v) is 7.69. The van der Waals surface area contributed by atoms with Gasteiger partial charge in [-0.05, 0) is 45.4 Å². The molecular weight excluding hydrogens is 830 g/mol. The minimum atomic E-state index is -2.97. The second kappa shape index (κ2) is 14.5. The third kappa shape index (κ3) is 7.05. The highest BCUT2D eigenvalue weighted by atomic mass is 127. The first kappa shape index (κ1) is 38.5. The van der Waals surface area contributed by atoms with E-state index < -0.39 is 69.8 Å². The van der Waals surface area contributed by atoms with Gasteiger partial charge in [0.2, 0.25) is 12.3 Å². The Bertz CT molecular complexity index is 2310. The number of halogens is 6. The summed E-state index contributed by atoms with van der Waals surface area (Å²) in [7, 11) is 0. The van der Waals surface area contributed by atoms with Crippen molar-refractivity contribution in [1.29, 1.82) is 0 Å². The van der Waals surface area contributed by atoms with Crippen LogP contribution in [0, 0.1) is 24.4 Å². The Kier molecular flexibility index (Phi) is 10.3. The number of carbonyl (C=O) groups excluding carboxylic acids is 2. The number of carboxylic acid groups (broad SMARTS) is 1. The first-order chi connectivity index (χ1) is 25.4. The van der Waals surface area contributed by atoms with E-state index in [1.54, 1.807) is 30.3 Å². The zero-order valence-corrected chi connectivity index (χ0v) is 31.3. The minimum Gasteiger partial charge on any atom is -0.465 e. The molecule has 3 N–H and O–H groups in total. The molecule has 0 fully saturated rings. The standard InChI is InChI=1S/C36H32F5IN8O4/c1-17-22(38)13-20-26(48-49(31(20)44-17)15-19-11-8-12-21(37)25(19)41)30-45-27(24-29(46-30)47-33(52)35(24,2)3)32(51)43-16-36(4,14-23(39)40)50(34(53)54)28(42)18-9-6-5-7-10-18/h5-13,23,28H,14-16H2,1-4H3,(H,43,51)(H,53,54)(H,45,46,47,52). The second-order valence-corrected chi connectivity index (χ2v) is 14.7. The number of hydrogen-bond donors (Lipinski definition) is 3. The van der Waals surface area contributed by atoms with Crippen LogP contribution in [-0.2, 0) is 16.8 Å². The summed E-state index contributed by atoms with van der Waals surface area (Å²) in [5.41, 5.74) is -3.22. The summed E-state index contributed by atoms with van der Waals surface area (Å²) in [6.07, 6.45) is -5.42. The van der Waals surface area contributed by atoms with Crippen LogP contribution in [-0.4, -0.2) is 71.2 Å². The van der Waals surface area contributed by atoms with Crippen LogP contribution >= 0.6 is 22.6 Å². The molecule has 0 saturated heterocycles. The number of nitrogens with zero attached hydrogens (tertiary/aromatic N) is 6. The van der Waals surface area contributed by atoms with Crippen molar-refractivity contribution in [2.24, 2.45) is 0 Å². The summed E-state index contributed by atoms with van der Waals surface area (Å²) in [5, 5.41) is 20.0. The van der Waals surface area contributed by atoms with E-state index in [9.17, 15) is 41.4 Å². The average Bonchev–Trinajstić information content (AvgIpc) is 3.56. The topological polar surface area (TPSA) is 155 Å². The summed E-state index contributed by atoms with van der Waals surface area (Å²) in [5.74, 6) is -4.84. The van der Waals surface area contributed by atoms with Crippen molar-refractivity contribution in [3.63, 3.8) is 0 Å². The molecule has 3 aromatic heterocycles. The van der Waals surface area contributed by atoms with E-state index in [0.717, 1.165) is 17.0 Å². The van der Waals surface area contributed by atoms with Crippen LogP contribution in [0.25, 0.3) is 22.6 Å². The number of pyridine rings is 1. The lowest BCUT2D eigenvalue weighted by molar-refractivity contribution is -0.119. The van der Waals surface area contributed by atoms with Crippen LogP contribution in [0.4, 0.5) is 32.6 Å². The lowest BCUT2D eigenvalue weighted by Gasteiger charge is -2.42. The van der Waals surface area contributed by atoms with Gasteiger partial charge < -0.3 is 15.7 Å². The Balaban J connectivity index is 1.44. The van der Waals surface area contributed by atoms with Gasteiger partial charge in [-0.25, -0.2) is 46.4 Å². The quantitative estimate of drug-likeness (QED) is 0.0548. The van der Waals surface area contributed by atoms with E-state index in [1.165, 1.54) is 44.5 Å². The molecule has 3 amide bonds. The van der Waals surface area contributed by atoms with Crippen LogP contribution in [0.15, 0.2) is 54.6 Å². The predicted molar refractivity (Wildman–Crippen MR) is 195 cm³/mol. The molecule has 0 saturated carbocycles. The maximum absolute atomic E-state index is 15.0. The Labute approximate surface area is 318 Å². The molecule has 2 aromatic carbocycles. The van der Waals surface area contributed by atoms with Crippen LogP contribution in [0.5, 0.6) is 0 Å². The molecule has 0 bridgehead atoms. The molecule has 0 aliphatic carbocycles. The number of nitrogens with one attached hydrogen (secondary N) is 2. The van der Waals surface area contributed by atoms with Crippen molar-refractivity contribution in [2.75, 3.05) is 11.9 Å². The predicted octanol–water partition coefficient (Wildman–Crippen LogP) is 7.15. The summed E-state index contributed by atoms with van der Waals surface area (Å²) in [4.78, 5) is 54.0. The smallest absolute Gasteiger partial charge is 0.408 e. The monoisotopic (exact) mass is 862 g/mol. The van der Waals surface area contributed by atoms with Crippen molar-refractivity contribution in [1.82, 2.24) is 34.9 Å². The zero-order valence-electron chi connectivity index (χ0n) is 29.1. The van der Waals surface area contributed by atoms with Crippen molar-refractivity contribution < 1.29 is 41.4 Å². The fraction of sp³-hybridized carbons (Fsp3) is 0.306. The Morgan fingerprint density at radius 2 is 1.76 bits per heavy atom. The van der Waals surface area contributed by atoms with E-state index in [-0.39, 0.29) is 57.4 Å². The van der Waals surface area contributed by atoms with Gasteiger partial charge in [-0.3, -0.25) is 14.5 Å². The Morgan fingerprint density at radius 3 is 2.43 bits per heavy atom. The SMILES string of the molecule is Cc1nc2c(cc1F)c(-c1nc3c(c(C(=O)NCC(C)(CC(F)F)N(C(=O)O)C(I)c4ccccc4)n1)C(C)(C)C(=O)N3)nn2Cc1cccc(F)c1F. The van der Waals surface area contributed by atoms with E-state index in [0.29, 0.717) is 5.56 Å². The van der Waals surface area contributed by atoms with Gasteiger partial charge in [-0.15, -0.1) is 0 Å². The Hall–Kier alpha value is -5.27. The zero-order chi connectivity index (χ0) is 39.3. The second-order valence-electron chi connectivity index (χ2n) is 13.5. The number of amides is 3. The summed E-state index contributed by atoms with van der Waals surface area (Å²) in [6, 6.07) is 13.1. The molecule has 54 heavy (non-hydrogen) atoms. The van der Waals surface area contributed by atoms with Gasteiger partial charge in [-0.1, -0.05) is 65.1 Å². The van der Waals surface area contributed by atoms with Crippen molar-refractivity contribution in [3.05, 3.63) is 100 Å². The van der Waals surface area contributed by atoms with E-state index >= 15 is 0 Å². The van der Waals surface area contributed by atoms with Crippen molar-refractivity contribution in [3.8, 4) is 11.5 Å². The number of aromatic nitrogens is 5. The number of fused-ring (bicyclic) bond motifs is 2. The van der Waals surface area contributed by atoms with Gasteiger partial charge in [0.25, 0.3) is 5.91 Å². The number of anilines is 1. The maximum atomic E-state index is 15.0. The highest BCUT2D eigenvalue weighted by Gasteiger charge is 2.46. The third-order valence-electron chi connectivity index (χ3n) is 9.28. The number of carbonyl (C=O) groups is 3. The average molecular weight is 863 g/mol. The molecule has 0 spiro atoms. The minimum absolute atomic E-state index is 0.0258. The normalized spacial score (nSPS) is 15.1. The third-order valence-corrected chi connectivity index (χ3v) is 10.6. The van der Waals surface area contributed by atoms with Gasteiger partial charge in [0.1, 0.15) is 27.1 Å². The molecular formula is C36H32F5IN8O4. The first-order valence-corrected chi connectivity index (χ1v) is 17.7. The molecule has 12 nitrogen and oxygen atoms in total. The van der Waals surface area contributed by atoms with Gasteiger partial charge in [0, 0.05) is 24.1 Å². The summed E-state index contributed by atoms with van der Waals surface area (Å²) in [6.45, 7) is 4.77. The van der Waals surface area contributed by atoms with Crippen LogP contribution in [0.3, 0.4) is 0 Å². The fourth-order valence-electron chi connectivity index (χ4n) is 6.36. The highest BCUT2D eigenvalue weighted by molar-refractivity contribution is 14.1. The first-order valence-electron chi connectivity index (χ1n) is 16.4. The van der Waals surface area contributed by atoms with Crippen LogP contribution < -0.4 is 10.6 Å². The Morgan fingerprint density at radius 1 is 1.06 bits per heavy atom. The van der Waals surface area contributed by atoms with Crippen molar-refractivity contribution >= 4 is 57.3 Å². The van der Waals surface area contributed by atoms with Crippen LogP contribution in [0.1, 0.15) is 64.1 Å². The van der Waals surface area contributed by atoms with E-state index in [1.807, 2.05) is 22.6 Å². The molecule has 18 heteroatoms. The molecule has 282 valence electrons. The molecule has 5 aromatic rings. The lowest BCUT2D eigenvalue weighted by atomic mass is 9.85. The number of aryl methyl sites for hydroxylation is 1. The highest BCUT2D eigenvalue weighted by Crippen LogP contribution is 2.41. The number of benzene rings is 2. The van der Waals surface area contributed by atoms with Gasteiger partial charge in [0.15, 0.2) is 23.1 Å². The number of rotatable bonds is 11. The van der Waals surface area contributed by atoms with Crippen LogP contribution in [0.2, 0.25) is 0 Å². The van der Waals surface area contributed by atoms with Gasteiger partial charge in [0.05, 0.1) is 28.6 Å². The largest absolute Gasteiger partial charge is 0.465 e. The van der Waals surface area contributed by atoms with Crippen molar-refractivity contribution in [2.45, 2.75) is 62.1 Å². The lowest BCUT2D eigenvalue weighted by Crippen LogP contribution is -2.57. The molecule has 1 aliphatic rings. The number of alkyl halides is 3. The molecule has 1 aliphatic heterocycles.